The van der Waals surface area contributed by atoms with Gasteiger partial charge in [0.2, 0.25) is 0 Å². The molecule has 0 aliphatic rings. The maximum absolute atomic E-state index is 12.2. The van der Waals surface area contributed by atoms with Gasteiger partial charge in [-0.25, -0.2) is 4.79 Å². The Labute approximate surface area is 145 Å². The summed E-state index contributed by atoms with van der Waals surface area (Å²) in [6.07, 6.45) is 0.0172. The highest BCUT2D eigenvalue weighted by molar-refractivity contribution is 5.86. The van der Waals surface area contributed by atoms with Crippen molar-refractivity contribution in [3.05, 3.63) is 65.7 Å². The molecule has 1 amide bonds. The van der Waals surface area contributed by atoms with E-state index in [0.717, 1.165) is 5.56 Å². The van der Waals surface area contributed by atoms with Gasteiger partial charge in [-0.2, -0.15) is 0 Å². The first kappa shape index (κ1) is 18.2. The Hall–Kier alpha value is -3.15. The number of carbonyl (C=O) groups is 3. The van der Waals surface area contributed by atoms with E-state index in [4.69, 9.17) is 4.74 Å². The molecule has 2 aromatic carbocycles. The van der Waals surface area contributed by atoms with E-state index in [-0.39, 0.29) is 6.42 Å². The lowest BCUT2D eigenvalue weighted by Gasteiger charge is -2.19. The molecule has 0 saturated heterocycles. The fourth-order valence-electron chi connectivity index (χ4n) is 2.22. The van der Waals surface area contributed by atoms with Crippen molar-refractivity contribution in [1.29, 1.82) is 0 Å². The number of rotatable bonds is 8. The number of carbonyl (C=O) groups excluding carboxylic acids is 2. The van der Waals surface area contributed by atoms with Crippen LogP contribution >= 0.6 is 0 Å². The van der Waals surface area contributed by atoms with E-state index < -0.39 is 24.0 Å². The van der Waals surface area contributed by atoms with E-state index in [1.807, 2.05) is 18.2 Å². The van der Waals surface area contributed by atoms with Crippen LogP contribution in [-0.4, -0.2) is 35.4 Å². The minimum Gasteiger partial charge on any atom is -0.481 e. The minimum absolute atomic E-state index is 0.183. The fourth-order valence-corrected chi connectivity index (χ4v) is 2.22. The topological polar surface area (TPSA) is 92.7 Å². The van der Waals surface area contributed by atoms with Crippen LogP contribution in [0.1, 0.15) is 22.8 Å². The quantitative estimate of drug-likeness (QED) is 0.717. The predicted octanol–water partition coefficient (Wildman–Crippen LogP) is 2.08. The molecule has 2 atom stereocenters. The monoisotopic (exact) mass is 341 g/mol. The summed E-state index contributed by atoms with van der Waals surface area (Å²) in [4.78, 5) is 34.2. The van der Waals surface area contributed by atoms with Crippen LogP contribution in [0.25, 0.3) is 0 Å². The molecule has 0 saturated carbocycles. The number of ether oxygens (including phenoxy) is 1. The molecule has 6 nitrogen and oxygen atoms in total. The number of carboxylic acid groups (broad SMARTS) is 1. The van der Waals surface area contributed by atoms with Crippen molar-refractivity contribution < 1.29 is 24.2 Å². The van der Waals surface area contributed by atoms with Gasteiger partial charge in [-0.1, -0.05) is 30.3 Å². The van der Waals surface area contributed by atoms with E-state index in [0.29, 0.717) is 17.6 Å². The average molecular weight is 341 g/mol. The summed E-state index contributed by atoms with van der Waals surface area (Å²) in [5.74, 6) is -1.22. The number of aliphatic carboxylic acids is 1. The van der Waals surface area contributed by atoms with Crippen LogP contribution < -0.4 is 10.1 Å². The Morgan fingerprint density at radius 1 is 1.12 bits per heavy atom. The number of benzene rings is 2. The van der Waals surface area contributed by atoms with Gasteiger partial charge in [-0.05, 0) is 36.8 Å². The third kappa shape index (κ3) is 5.46. The largest absolute Gasteiger partial charge is 0.481 e. The second-order valence-electron chi connectivity index (χ2n) is 5.54. The van der Waals surface area contributed by atoms with E-state index >= 15 is 0 Å². The van der Waals surface area contributed by atoms with Crippen molar-refractivity contribution in [3.8, 4) is 5.75 Å². The van der Waals surface area contributed by atoms with Crippen molar-refractivity contribution in [2.45, 2.75) is 25.5 Å². The second kappa shape index (κ2) is 8.63. The Balaban J connectivity index is 1.96. The average Bonchev–Trinajstić information content (AvgIpc) is 2.62. The lowest BCUT2D eigenvalue weighted by molar-refractivity contribution is -0.142. The molecule has 130 valence electrons. The van der Waals surface area contributed by atoms with Gasteiger partial charge in [0, 0.05) is 12.0 Å². The molecule has 0 fully saturated rings. The van der Waals surface area contributed by atoms with Gasteiger partial charge in [0.05, 0.1) is 0 Å². The number of amides is 1. The zero-order valence-corrected chi connectivity index (χ0v) is 13.7. The third-order valence-corrected chi connectivity index (χ3v) is 3.60. The van der Waals surface area contributed by atoms with Gasteiger partial charge >= 0.3 is 5.97 Å². The van der Waals surface area contributed by atoms with Crippen molar-refractivity contribution in [3.63, 3.8) is 0 Å². The zero-order chi connectivity index (χ0) is 18.2. The first-order valence-corrected chi connectivity index (χ1v) is 7.78. The summed E-state index contributed by atoms with van der Waals surface area (Å²) in [5, 5.41) is 11.8. The number of hydrogen-bond donors (Lipinski definition) is 2. The maximum atomic E-state index is 12.2. The van der Waals surface area contributed by atoms with Crippen LogP contribution in [0.2, 0.25) is 0 Å². The first-order chi connectivity index (χ1) is 12.0. The van der Waals surface area contributed by atoms with Gasteiger partial charge in [0.15, 0.2) is 6.10 Å². The normalized spacial score (nSPS) is 12.7. The van der Waals surface area contributed by atoms with Gasteiger partial charge in [-0.15, -0.1) is 0 Å². The molecule has 0 aromatic heterocycles. The van der Waals surface area contributed by atoms with Crippen molar-refractivity contribution in [2.24, 2.45) is 0 Å². The lowest BCUT2D eigenvalue weighted by Crippen LogP contribution is -2.47. The van der Waals surface area contributed by atoms with Crippen LogP contribution in [-0.2, 0) is 16.0 Å². The maximum Gasteiger partial charge on any atom is 0.326 e. The van der Waals surface area contributed by atoms with Crippen LogP contribution in [0, 0.1) is 0 Å². The standard InChI is InChI=1S/C19H19NO5/c1-13(25-16-9-7-15(12-21)8-10-16)18(22)20-17(19(23)24)11-14-5-3-2-4-6-14/h2-10,12-13,17H,11H2,1H3,(H,20,22)(H,23,24). The molecule has 25 heavy (non-hydrogen) atoms. The molecule has 6 heteroatoms. The van der Waals surface area contributed by atoms with Gasteiger partial charge in [0.25, 0.3) is 5.91 Å². The number of carboxylic acids is 1. The smallest absolute Gasteiger partial charge is 0.326 e. The van der Waals surface area contributed by atoms with E-state index in [1.165, 1.54) is 6.92 Å². The summed E-state index contributed by atoms with van der Waals surface area (Å²) in [6.45, 7) is 1.53. The predicted molar refractivity (Wildman–Crippen MR) is 91.6 cm³/mol. The summed E-state index contributed by atoms with van der Waals surface area (Å²) < 4.78 is 5.49. The van der Waals surface area contributed by atoms with Crippen LogP contribution in [0.5, 0.6) is 5.75 Å². The van der Waals surface area contributed by atoms with Crippen LogP contribution in [0.15, 0.2) is 54.6 Å². The third-order valence-electron chi connectivity index (χ3n) is 3.60. The number of hydrogen-bond acceptors (Lipinski definition) is 4. The first-order valence-electron chi connectivity index (χ1n) is 7.78. The summed E-state index contributed by atoms with van der Waals surface area (Å²) >= 11 is 0. The summed E-state index contributed by atoms with van der Waals surface area (Å²) in [6, 6.07) is 14.3. The molecule has 2 aromatic rings. The highest BCUT2D eigenvalue weighted by atomic mass is 16.5. The van der Waals surface area contributed by atoms with Gasteiger partial charge in [0.1, 0.15) is 18.1 Å². The van der Waals surface area contributed by atoms with Crippen molar-refractivity contribution in [2.75, 3.05) is 0 Å². The molecule has 0 radical (unpaired) electrons. The Morgan fingerprint density at radius 3 is 2.32 bits per heavy atom. The van der Waals surface area contributed by atoms with Gasteiger partial charge in [-0.3, -0.25) is 9.59 Å². The Kier molecular flexibility index (Phi) is 6.28. The molecule has 0 heterocycles. The van der Waals surface area contributed by atoms with Crippen molar-refractivity contribution >= 4 is 18.2 Å². The molecule has 2 rings (SSSR count). The van der Waals surface area contributed by atoms with E-state index in [1.54, 1.807) is 36.4 Å². The number of aldehydes is 1. The SMILES string of the molecule is CC(Oc1ccc(C=O)cc1)C(=O)NC(Cc1ccccc1)C(=O)O. The highest BCUT2D eigenvalue weighted by Crippen LogP contribution is 2.13. The summed E-state index contributed by atoms with van der Waals surface area (Å²) in [5.41, 5.74) is 1.31. The Bertz CT molecular complexity index is 727. The summed E-state index contributed by atoms with van der Waals surface area (Å²) in [7, 11) is 0. The van der Waals surface area contributed by atoms with Crippen LogP contribution in [0.3, 0.4) is 0 Å². The molecule has 0 bridgehead atoms. The fraction of sp³-hybridized carbons (Fsp3) is 0.211. The molecular weight excluding hydrogens is 322 g/mol. The highest BCUT2D eigenvalue weighted by Gasteiger charge is 2.24. The van der Waals surface area contributed by atoms with Gasteiger partial charge < -0.3 is 15.2 Å². The molecule has 2 unspecified atom stereocenters. The molecule has 0 aliphatic heterocycles. The van der Waals surface area contributed by atoms with E-state index in [2.05, 4.69) is 5.32 Å². The molecule has 0 spiro atoms. The van der Waals surface area contributed by atoms with Crippen LogP contribution in [0.4, 0.5) is 0 Å². The Morgan fingerprint density at radius 2 is 1.76 bits per heavy atom. The molecule has 0 aliphatic carbocycles. The zero-order valence-electron chi connectivity index (χ0n) is 13.7. The second-order valence-corrected chi connectivity index (χ2v) is 5.54. The van der Waals surface area contributed by atoms with Crippen molar-refractivity contribution in [1.82, 2.24) is 5.32 Å². The molecule has 2 N–H and O–H groups in total. The minimum atomic E-state index is -1.11. The number of nitrogens with one attached hydrogen (secondary N) is 1. The van der Waals surface area contributed by atoms with E-state index in [9.17, 15) is 19.5 Å². The lowest BCUT2D eigenvalue weighted by atomic mass is 10.1. The molecular formula is C19H19NO5.